The van der Waals surface area contributed by atoms with Gasteiger partial charge in [-0.05, 0) is 6.42 Å². The van der Waals surface area contributed by atoms with E-state index in [2.05, 4.69) is 0 Å². The van der Waals surface area contributed by atoms with Crippen LogP contribution >= 0.6 is 0 Å². The predicted octanol–water partition coefficient (Wildman–Crippen LogP) is 3.28. The first-order valence-corrected chi connectivity index (χ1v) is 2.84. The van der Waals surface area contributed by atoms with Gasteiger partial charge in [-0.15, -0.1) is 0 Å². The predicted molar refractivity (Wildman–Crippen MR) is 26.0 cm³/mol. The molecule has 0 saturated heterocycles. The summed E-state index contributed by atoms with van der Waals surface area (Å²) < 4.78 is 67.6. The molecule has 0 atom stereocenters. The minimum absolute atomic E-state index is 0. The van der Waals surface area contributed by atoms with Crippen molar-refractivity contribution in [3.8, 4) is 0 Å². The van der Waals surface area contributed by atoms with Crippen molar-refractivity contribution in [2.24, 2.45) is 0 Å². The third kappa shape index (κ3) is 12.9. The van der Waals surface area contributed by atoms with Crippen molar-refractivity contribution in [3.63, 3.8) is 0 Å². The second-order valence-electron chi connectivity index (χ2n) is 2.08. The Kier molecular flexibility index (Phi) is 6.27. The zero-order chi connectivity index (χ0) is 9.12. The molecule has 0 aliphatic rings. The van der Waals surface area contributed by atoms with E-state index < -0.39 is 31.6 Å². The minimum Gasteiger partial charge on any atom is -0.171 e. The Hall–Kier alpha value is 0.268. The molecule has 0 aromatic carbocycles. The van der Waals surface area contributed by atoms with Gasteiger partial charge in [-0.3, -0.25) is 0 Å². The quantitative estimate of drug-likeness (QED) is 0.650. The van der Waals surface area contributed by atoms with Crippen LogP contribution in [-0.4, -0.2) is 12.4 Å². The molecule has 0 saturated carbocycles. The molecule has 0 N–H and O–H groups in total. The van der Waals surface area contributed by atoms with Gasteiger partial charge < -0.3 is 0 Å². The van der Waals surface area contributed by atoms with Gasteiger partial charge in [-0.2, -0.15) is 26.3 Å². The Labute approximate surface area is 79.6 Å². The first kappa shape index (κ1) is 14.8. The number of hydrogen-bond donors (Lipinski definition) is 0. The number of alkyl halides is 6. The van der Waals surface area contributed by atoms with E-state index >= 15 is 0 Å². The third-order valence-corrected chi connectivity index (χ3v) is 0.921. The van der Waals surface area contributed by atoms with Crippen LogP contribution in [0.5, 0.6) is 0 Å². The zero-order valence-corrected chi connectivity index (χ0v) is 7.98. The van der Waals surface area contributed by atoms with Gasteiger partial charge in [-0.1, -0.05) is 0 Å². The van der Waals surface area contributed by atoms with Gasteiger partial charge in [0.1, 0.15) is 0 Å². The van der Waals surface area contributed by atoms with E-state index in [-0.39, 0.29) is 21.1 Å². The molecular formula is C5H6F6Pt. The van der Waals surface area contributed by atoms with E-state index in [4.69, 9.17) is 0 Å². The molecule has 0 aliphatic heterocycles. The first-order valence-electron chi connectivity index (χ1n) is 2.84. The van der Waals surface area contributed by atoms with Crippen LogP contribution in [0.1, 0.15) is 19.3 Å². The van der Waals surface area contributed by atoms with E-state index in [1.54, 1.807) is 0 Å². The summed E-state index contributed by atoms with van der Waals surface area (Å²) >= 11 is 0. The summed E-state index contributed by atoms with van der Waals surface area (Å²) in [4.78, 5) is 0. The average Bonchev–Trinajstić information content (AvgIpc) is 1.55. The molecular weight excluding hydrogens is 369 g/mol. The van der Waals surface area contributed by atoms with E-state index in [9.17, 15) is 26.3 Å². The van der Waals surface area contributed by atoms with Crippen LogP contribution in [0.25, 0.3) is 0 Å². The molecule has 0 amide bonds. The summed E-state index contributed by atoms with van der Waals surface area (Å²) in [6.45, 7) is 0. The number of rotatable bonds is 2. The van der Waals surface area contributed by atoms with Gasteiger partial charge in [0.25, 0.3) is 0 Å². The molecule has 0 heterocycles. The molecule has 0 aromatic heterocycles. The van der Waals surface area contributed by atoms with Crippen molar-refractivity contribution < 1.29 is 47.4 Å². The average molecular weight is 375 g/mol. The number of hydrogen-bond acceptors (Lipinski definition) is 0. The maximum Gasteiger partial charge on any atom is 0.389 e. The smallest absolute Gasteiger partial charge is 0.171 e. The van der Waals surface area contributed by atoms with Crippen LogP contribution in [0.4, 0.5) is 26.3 Å². The van der Waals surface area contributed by atoms with Crippen molar-refractivity contribution >= 4 is 0 Å². The third-order valence-electron chi connectivity index (χ3n) is 0.921. The van der Waals surface area contributed by atoms with Gasteiger partial charge in [0.2, 0.25) is 0 Å². The monoisotopic (exact) mass is 375 g/mol. The Bertz CT molecular complexity index is 100. The molecule has 0 nitrogen and oxygen atoms in total. The summed E-state index contributed by atoms with van der Waals surface area (Å²) in [5.74, 6) is 0. The normalized spacial score (nSPS) is 12.5. The van der Waals surface area contributed by atoms with E-state index in [1.807, 2.05) is 0 Å². The molecule has 12 heavy (non-hydrogen) atoms. The van der Waals surface area contributed by atoms with E-state index in [1.165, 1.54) is 0 Å². The first-order chi connectivity index (χ1) is 4.71. The topological polar surface area (TPSA) is 0 Å². The van der Waals surface area contributed by atoms with Crippen molar-refractivity contribution in [2.45, 2.75) is 31.6 Å². The molecule has 0 unspecified atom stereocenters. The number of halogens is 6. The Morgan fingerprint density at radius 1 is 0.667 bits per heavy atom. The summed E-state index contributed by atoms with van der Waals surface area (Å²) in [5, 5.41) is 0. The largest absolute Gasteiger partial charge is 0.389 e. The maximum absolute atomic E-state index is 11.3. The molecule has 0 bridgehead atoms. The van der Waals surface area contributed by atoms with Crippen LogP contribution < -0.4 is 0 Å². The second-order valence-corrected chi connectivity index (χ2v) is 2.08. The molecule has 7 heteroatoms. The molecule has 0 aromatic rings. The van der Waals surface area contributed by atoms with Crippen LogP contribution in [0.2, 0.25) is 0 Å². The standard InChI is InChI=1S/C5H6F6.Pt/c6-4(7,8)2-1-3-5(9,10)11;/h1-3H2;. The Balaban J connectivity index is 0. The van der Waals surface area contributed by atoms with Crippen molar-refractivity contribution in [2.75, 3.05) is 0 Å². The van der Waals surface area contributed by atoms with Crippen LogP contribution in [0, 0.1) is 0 Å². The Morgan fingerprint density at radius 2 is 0.917 bits per heavy atom. The van der Waals surface area contributed by atoms with Gasteiger partial charge in [-0.25, -0.2) is 0 Å². The molecule has 0 rings (SSSR count). The summed E-state index contributed by atoms with van der Waals surface area (Å²) in [5.41, 5.74) is 0. The van der Waals surface area contributed by atoms with Crippen molar-refractivity contribution in [1.82, 2.24) is 0 Å². The van der Waals surface area contributed by atoms with Crippen LogP contribution in [0.15, 0.2) is 0 Å². The molecule has 0 spiro atoms. The van der Waals surface area contributed by atoms with Crippen LogP contribution in [-0.2, 0) is 21.1 Å². The van der Waals surface area contributed by atoms with Crippen molar-refractivity contribution in [1.29, 1.82) is 0 Å². The van der Waals surface area contributed by atoms with E-state index in [0.29, 0.717) is 0 Å². The zero-order valence-electron chi connectivity index (χ0n) is 5.71. The molecule has 0 aliphatic carbocycles. The SMILES string of the molecule is FC(F)(F)CCCC(F)(F)F.[Pt]. The van der Waals surface area contributed by atoms with Gasteiger partial charge in [0.05, 0.1) is 0 Å². The maximum atomic E-state index is 11.3. The molecule has 78 valence electrons. The summed E-state index contributed by atoms with van der Waals surface area (Å²) in [6.07, 6.45) is -12.6. The van der Waals surface area contributed by atoms with Gasteiger partial charge >= 0.3 is 12.4 Å². The van der Waals surface area contributed by atoms with Crippen LogP contribution in [0.3, 0.4) is 0 Å². The van der Waals surface area contributed by atoms with Crippen molar-refractivity contribution in [3.05, 3.63) is 0 Å². The fraction of sp³-hybridized carbons (Fsp3) is 1.00. The summed E-state index contributed by atoms with van der Waals surface area (Å²) in [6, 6.07) is 0. The minimum atomic E-state index is -4.48. The second kappa shape index (κ2) is 5.10. The Morgan fingerprint density at radius 3 is 1.08 bits per heavy atom. The summed E-state index contributed by atoms with van der Waals surface area (Å²) in [7, 11) is 0. The van der Waals surface area contributed by atoms with Gasteiger partial charge in [0, 0.05) is 33.9 Å². The van der Waals surface area contributed by atoms with Gasteiger partial charge in [0.15, 0.2) is 0 Å². The fourth-order valence-corrected chi connectivity index (χ4v) is 0.489. The van der Waals surface area contributed by atoms with E-state index in [0.717, 1.165) is 0 Å². The fourth-order valence-electron chi connectivity index (χ4n) is 0.489. The molecule has 0 fully saturated rings. The molecule has 0 radical (unpaired) electrons.